The van der Waals surface area contributed by atoms with E-state index in [1.807, 2.05) is 76.2 Å². The minimum atomic E-state index is -1.63. The largest absolute Gasteiger partial charge is 0.496 e. The molecule has 330 valence electrons. The van der Waals surface area contributed by atoms with Crippen molar-refractivity contribution in [3.8, 4) is 22.3 Å². The monoisotopic (exact) mass is 1020 g/mol. The van der Waals surface area contributed by atoms with Crippen LogP contribution in [0.4, 0.5) is 17.1 Å². The highest BCUT2D eigenvalue weighted by Gasteiger charge is 2.52. The van der Waals surface area contributed by atoms with Gasteiger partial charge in [0.15, 0.2) is 0 Å². The topological polar surface area (TPSA) is 96.5 Å². The molecule has 1 heterocycles. The van der Waals surface area contributed by atoms with E-state index in [1.165, 1.54) is 40.8 Å². The first kappa shape index (κ1) is 52.7. The summed E-state index contributed by atoms with van der Waals surface area (Å²) in [4.78, 5) is 0. The van der Waals surface area contributed by atoms with Gasteiger partial charge in [-0.05, 0) is 79.5 Å². The van der Waals surface area contributed by atoms with Crippen molar-refractivity contribution >= 4 is 115 Å². The molecule has 5 aromatic rings. The highest BCUT2D eigenvalue weighted by atomic mass is 79.9. The Balaban J connectivity index is 0.000000259. The van der Waals surface area contributed by atoms with Crippen LogP contribution in [0.3, 0.4) is 0 Å². The maximum absolute atomic E-state index is 6.40. The normalized spacial score (nSPS) is 14.9. The van der Waals surface area contributed by atoms with E-state index >= 15 is 0 Å². The summed E-state index contributed by atoms with van der Waals surface area (Å²) in [5, 5.41) is 5.87. The van der Waals surface area contributed by atoms with E-state index in [0.29, 0.717) is 5.69 Å². The first-order valence-electron chi connectivity index (χ1n) is 21.0. The maximum atomic E-state index is 6.40. The Morgan fingerprint density at radius 3 is 1.02 bits per heavy atom. The summed E-state index contributed by atoms with van der Waals surface area (Å²) >= 11 is 7.49. The Kier molecular flexibility index (Phi) is 16.9. The number of rotatable bonds is 7. The number of anilines is 3. The Bertz CT molecular complexity index is 2170. The van der Waals surface area contributed by atoms with Gasteiger partial charge in [0.1, 0.15) is 0 Å². The number of hydrogen-bond acceptors (Lipinski definition) is 5. The van der Waals surface area contributed by atoms with Gasteiger partial charge in [0, 0.05) is 42.6 Å². The van der Waals surface area contributed by atoms with Crippen LogP contribution in [0.25, 0.3) is 22.3 Å². The molecule has 0 atom stereocenters. The van der Waals surface area contributed by atoms with Crippen molar-refractivity contribution in [2.45, 2.75) is 125 Å². The predicted octanol–water partition coefficient (Wildman–Crippen LogP) is 11.8. The summed E-state index contributed by atoms with van der Waals surface area (Å²) in [5.74, 6) is 0. The number of benzene rings is 5. The molecule has 0 bridgehead atoms. The van der Waals surface area contributed by atoms with Crippen LogP contribution >= 0.6 is 31.9 Å². The molecule has 1 fully saturated rings. The number of nitrogen functional groups attached to an aromatic ring is 3. The summed E-state index contributed by atoms with van der Waals surface area (Å²) in [6, 6.07) is 33.6. The molecule has 6 rings (SSSR count). The first-order chi connectivity index (χ1) is 27.4. The average Bonchev–Trinajstić information content (AvgIpc) is 3.33. The van der Waals surface area contributed by atoms with Crippen LogP contribution in [0.2, 0.25) is 78.6 Å². The molecule has 5 aromatic carbocycles. The second kappa shape index (κ2) is 19.6. The summed E-state index contributed by atoms with van der Waals surface area (Å²) in [6.07, 6.45) is 0. The molecule has 0 radical (unpaired) electrons. The van der Waals surface area contributed by atoms with Gasteiger partial charge >= 0.3 is 7.12 Å². The van der Waals surface area contributed by atoms with Gasteiger partial charge in [-0.2, -0.15) is 0 Å². The number of hydrogen-bond donors (Lipinski definition) is 3. The van der Waals surface area contributed by atoms with Crippen molar-refractivity contribution in [1.82, 2.24) is 0 Å². The van der Waals surface area contributed by atoms with Crippen LogP contribution in [0.15, 0.2) is 106 Å². The zero-order valence-electron chi connectivity index (χ0n) is 39.1. The molecule has 0 aliphatic carbocycles. The second-order valence-electron chi connectivity index (χ2n) is 21.1. The molecule has 0 amide bonds. The van der Waals surface area contributed by atoms with Gasteiger partial charge in [0.25, 0.3) is 0 Å². The molecule has 61 heavy (non-hydrogen) atoms. The molecule has 0 spiro atoms. The standard InChI is InChI=1S/C24H32N2Si2.C12H18BNO2.C12H20Br2Si2.CH4/c1-27(2,3)23-15-20(18-12-8-10-14-22(18)26)24(28(4,5)6)16-19(23)17-11-7-9-13-21(17)25;1-11(2)12(3,4)16-13(15-11)9-7-5-6-8-10(9)14;1-15(2,3)11-7-10(14)12(8-9(11)13)16(4,5)6;/h7-16H,25-26H2,1-6H3;5-8H,14H2,1-4H3;7-8H,1-6H3;1H4. The molecule has 12 heteroatoms. The Morgan fingerprint density at radius 1 is 0.426 bits per heavy atom. The molecule has 1 saturated heterocycles. The molecule has 5 nitrogen and oxygen atoms in total. The van der Waals surface area contributed by atoms with Crippen LogP contribution in [-0.4, -0.2) is 50.6 Å². The van der Waals surface area contributed by atoms with E-state index in [1.54, 1.807) is 0 Å². The summed E-state index contributed by atoms with van der Waals surface area (Å²) in [6.45, 7) is 36.8. The van der Waals surface area contributed by atoms with Crippen LogP contribution in [-0.2, 0) is 9.31 Å². The third-order valence-electron chi connectivity index (χ3n) is 11.5. The minimum absolute atomic E-state index is 0. The average molecular weight is 1020 g/mol. The van der Waals surface area contributed by atoms with Crippen molar-refractivity contribution < 1.29 is 9.31 Å². The van der Waals surface area contributed by atoms with E-state index < -0.39 is 32.3 Å². The van der Waals surface area contributed by atoms with Gasteiger partial charge in [0.2, 0.25) is 0 Å². The lowest BCUT2D eigenvalue weighted by atomic mass is 9.78. The van der Waals surface area contributed by atoms with Gasteiger partial charge < -0.3 is 26.5 Å². The van der Waals surface area contributed by atoms with Crippen LogP contribution in [0.1, 0.15) is 35.1 Å². The summed E-state index contributed by atoms with van der Waals surface area (Å²) < 4.78 is 14.5. The summed E-state index contributed by atoms with van der Waals surface area (Å²) in [5.41, 5.74) is 26.3. The third-order valence-corrected chi connectivity index (χ3v) is 21.6. The molecule has 6 N–H and O–H groups in total. The fraction of sp³-hybridized carbons (Fsp3) is 0.388. The second-order valence-corrected chi connectivity index (χ2v) is 43.0. The van der Waals surface area contributed by atoms with Crippen LogP contribution in [0, 0.1) is 0 Å². The molecule has 1 aliphatic rings. The highest BCUT2D eigenvalue weighted by Crippen LogP contribution is 2.37. The van der Waals surface area contributed by atoms with Crippen molar-refractivity contribution in [3.05, 3.63) is 106 Å². The van der Waals surface area contributed by atoms with Crippen molar-refractivity contribution in [1.29, 1.82) is 0 Å². The Hall–Kier alpha value is -2.69. The van der Waals surface area contributed by atoms with Gasteiger partial charge in [-0.15, -0.1) is 0 Å². The highest BCUT2D eigenvalue weighted by molar-refractivity contribution is 9.11. The third kappa shape index (κ3) is 12.7. The Labute approximate surface area is 391 Å². The molecular weight excluding hydrogens is 946 g/mol. The van der Waals surface area contributed by atoms with E-state index in [9.17, 15) is 0 Å². The lowest BCUT2D eigenvalue weighted by molar-refractivity contribution is 0.00578. The van der Waals surface area contributed by atoms with E-state index in [0.717, 1.165) is 28.0 Å². The SMILES string of the molecule is C.CC1(C)OB(c2ccccc2N)OC1(C)C.C[Si](C)(C)c1cc(-c2ccccc2N)c([Si](C)(C)C)cc1-c1ccccc1N.C[Si](C)(C)c1cc(Br)c([Si](C)(C)C)cc1Br. The quantitative estimate of drug-likeness (QED) is 0.111. The maximum Gasteiger partial charge on any atom is 0.496 e. The Morgan fingerprint density at radius 2 is 0.721 bits per heavy atom. The molecular formula is C49H74BBr2N3O2Si4. The number of para-hydroxylation sites is 3. The van der Waals surface area contributed by atoms with E-state index in [-0.39, 0.29) is 25.7 Å². The lowest BCUT2D eigenvalue weighted by Gasteiger charge is -2.32. The van der Waals surface area contributed by atoms with Crippen molar-refractivity contribution in [2.24, 2.45) is 0 Å². The number of halogens is 2. The molecule has 0 unspecified atom stereocenters. The van der Waals surface area contributed by atoms with Gasteiger partial charge in [-0.25, -0.2) is 0 Å². The van der Waals surface area contributed by atoms with Crippen LogP contribution in [0.5, 0.6) is 0 Å². The van der Waals surface area contributed by atoms with E-state index in [2.05, 4.69) is 159 Å². The zero-order chi connectivity index (χ0) is 45.4. The van der Waals surface area contributed by atoms with Crippen molar-refractivity contribution in [2.75, 3.05) is 17.2 Å². The molecule has 1 aliphatic heterocycles. The fourth-order valence-electron chi connectivity index (χ4n) is 7.16. The van der Waals surface area contributed by atoms with Gasteiger partial charge in [0.05, 0.1) is 43.5 Å². The first-order valence-corrected chi connectivity index (χ1v) is 36.5. The molecule has 0 saturated carbocycles. The van der Waals surface area contributed by atoms with Crippen molar-refractivity contribution in [3.63, 3.8) is 0 Å². The molecule has 0 aromatic heterocycles. The minimum Gasteiger partial charge on any atom is -0.399 e. The van der Waals surface area contributed by atoms with Gasteiger partial charge in [-0.3, -0.25) is 0 Å². The smallest absolute Gasteiger partial charge is 0.399 e. The fourth-order valence-corrected chi connectivity index (χ4v) is 17.8. The zero-order valence-corrected chi connectivity index (χ0v) is 46.3. The predicted molar refractivity (Wildman–Crippen MR) is 293 cm³/mol. The van der Waals surface area contributed by atoms with Crippen LogP contribution < -0.4 is 43.4 Å². The summed E-state index contributed by atoms with van der Waals surface area (Å²) in [7, 11) is -6.13. The number of nitrogens with two attached hydrogens (primary N) is 3. The van der Waals surface area contributed by atoms with E-state index in [4.69, 9.17) is 26.5 Å². The van der Waals surface area contributed by atoms with Gasteiger partial charge in [-0.1, -0.05) is 195 Å². The lowest BCUT2D eigenvalue weighted by Crippen LogP contribution is -2.45.